The fourth-order valence-corrected chi connectivity index (χ4v) is 5.40. The van der Waals surface area contributed by atoms with Gasteiger partial charge in [-0.3, -0.25) is 14.8 Å². The summed E-state index contributed by atoms with van der Waals surface area (Å²) in [5.74, 6) is 1.31. The number of anilines is 2. The van der Waals surface area contributed by atoms with Crippen molar-refractivity contribution in [3.63, 3.8) is 0 Å². The van der Waals surface area contributed by atoms with E-state index < -0.39 is 0 Å². The summed E-state index contributed by atoms with van der Waals surface area (Å²) in [6.07, 6.45) is 4.66. The van der Waals surface area contributed by atoms with E-state index in [0.29, 0.717) is 23.5 Å². The summed E-state index contributed by atoms with van der Waals surface area (Å²) in [5, 5.41) is 7.39. The summed E-state index contributed by atoms with van der Waals surface area (Å²) in [5.41, 5.74) is 9.53. The molecule has 0 radical (unpaired) electrons. The standard InChI is InChI=1S/C23H27N7O2/c1-14-19(24)23(13-32-14)7-10-29(11-8-23)17-12-25-18-20(26-17)27-28-21(18)30-9-6-15-4-2-3-5-16(15)22(30)31/h2-5,12,14,19H,6-11,13,24H2,1H3,(H,26,27,28)/t14-,19+/m0/s1. The maximum atomic E-state index is 13.0. The van der Waals surface area contributed by atoms with E-state index in [1.807, 2.05) is 24.3 Å². The van der Waals surface area contributed by atoms with Crippen LogP contribution in [0.2, 0.25) is 0 Å². The van der Waals surface area contributed by atoms with Gasteiger partial charge in [0.25, 0.3) is 5.91 Å². The van der Waals surface area contributed by atoms with Gasteiger partial charge < -0.3 is 15.4 Å². The molecular weight excluding hydrogens is 406 g/mol. The van der Waals surface area contributed by atoms with Crippen molar-refractivity contribution in [3.05, 3.63) is 41.6 Å². The number of hydrogen-bond acceptors (Lipinski definition) is 7. The van der Waals surface area contributed by atoms with Crippen LogP contribution in [0.1, 0.15) is 35.7 Å². The van der Waals surface area contributed by atoms with Crippen molar-refractivity contribution in [2.45, 2.75) is 38.3 Å². The van der Waals surface area contributed by atoms with Crippen molar-refractivity contribution in [1.29, 1.82) is 0 Å². The van der Waals surface area contributed by atoms with Gasteiger partial charge in [-0.1, -0.05) is 18.2 Å². The maximum Gasteiger partial charge on any atom is 0.259 e. The predicted octanol–water partition coefficient (Wildman–Crippen LogP) is 1.89. The summed E-state index contributed by atoms with van der Waals surface area (Å²) in [6, 6.07) is 7.82. The van der Waals surface area contributed by atoms with Crippen LogP contribution in [0.15, 0.2) is 30.5 Å². The van der Waals surface area contributed by atoms with Crippen LogP contribution in [-0.2, 0) is 11.2 Å². The van der Waals surface area contributed by atoms with Crippen molar-refractivity contribution in [1.82, 2.24) is 20.2 Å². The molecule has 3 aliphatic heterocycles. The fraction of sp³-hybridized carbons (Fsp3) is 0.478. The number of nitrogens with one attached hydrogen (secondary N) is 1. The van der Waals surface area contributed by atoms with E-state index in [-0.39, 0.29) is 23.5 Å². The second kappa shape index (κ2) is 7.25. The van der Waals surface area contributed by atoms with Crippen LogP contribution in [0, 0.1) is 5.41 Å². The average Bonchev–Trinajstić information content (AvgIpc) is 3.37. The molecule has 2 saturated heterocycles. The zero-order valence-electron chi connectivity index (χ0n) is 18.1. The van der Waals surface area contributed by atoms with E-state index in [1.165, 1.54) is 0 Å². The number of piperidine rings is 1. The molecule has 0 saturated carbocycles. The largest absolute Gasteiger partial charge is 0.376 e. The first kappa shape index (κ1) is 19.6. The van der Waals surface area contributed by atoms with Gasteiger partial charge >= 0.3 is 0 Å². The van der Waals surface area contributed by atoms with E-state index in [4.69, 9.17) is 15.5 Å². The Morgan fingerprint density at radius 3 is 2.81 bits per heavy atom. The lowest BCUT2D eigenvalue weighted by Gasteiger charge is -2.41. The third kappa shape index (κ3) is 2.91. The van der Waals surface area contributed by atoms with Crippen LogP contribution in [0.25, 0.3) is 11.2 Å². The van der Waals surface area contributed by atoms with E-state index in [1.54, 1.807) is 11.1 Å². The molecule has 166 valence electrons. The number of fused-ring (bicyclic) bond motifs is 2. The number of amides is 1. The molecule has 1 spiro atoms. The van der Waals surface area contributed by atoms with Gasteiger partial charge in [0.05, 0.1) is 18.9 Å². The Morgan fingerprint density at radius 1 is 1.22 bits per heavy atom. The number of nitrogens with zero attached hydrogens (tertiary/aromatic N) is 5. The zero-order chi connectivity index (χ0) is 21.9. The van der Waals surface area contributed by atoms with Crippen LogP contribution in [0.4, 0.5) is 11.6 Å². The number of nitrogens with two attached hydrogens (primary N) is 1. The van der Waals surface area contributed by atoms with E-state index >= 15 is 0 Å². The molecule has 3 aliphatic rings. The predicted molar refractivity (Wildman–Crippen MR) is 121 cm³/mol. The second-order valence-corrected chi connectivity index (χ2v) is 9.23. The number of carbonyl (C=O) groups is 1. The maximum absolute atomic E-state index is 13.0. The van der Waals surface area contributed by atoms with Gasteiger partial charge in [-0.2, -0.15) is 5.10 Å². The first-order chi connectivity index (χ1) is 15.6. The molecule has 1 aromatic carbocycles. The minimum absolute atomic E-state index is 0.0446. The van der Waals surface area contributed by atoms with Crippen LogP contribution in [-0.4, -0.2) is 64.5 Å². The monoisotopic (exact) mass is 433 g/mol. The number of aromatic nitrogens is 4. The summed E-state index contributed by atoms with van der Waals surface area (Å²) in [4.78, 5) is 26.4. The molecule has 9 heteroatoms. The molecule has 5 heterocycles. The van der Waals surface area contributed by atoms with E-state index in [0.717, 1.165) is 55.9 Å². The third-order valence-electron chi connectivity index (χ3n) is 7.52. The Morgan fingerprint density at radius 2 is 2.03 bits per heavy atom. The van der Waals surface area contributed by atoms with E-state index in [9.17, 15) is 4.79 Å². The molecule has 6 rings (SSSR count). The van der Waals surface area contributed by atoms with Crippen LogP contribution >= 0.6 is 0 Å². The molecule has 2 fully saturated rings. The van der Waals surface area contributed by atoms with Gasteiger partial charge in [0.2, 0.25) is 0 Å². The highest BCUT2D eigenvalue weighted by Crippen LogP contribution is 2.41. The van der Waals surface area contributed by atoms with Crippen molar-refractivity contribution in [2.24, 2.45) is 11.1 Å². The normalized spacial score (nSPS) is 25.0. The highest BCUT2D eigenvalue weighted by atomic mass is 16.5. The number of hydrogen-bond donors (Lipinski definition) is 2. The molecule has 1 amide bonds. The molecule has 9 nitrogen and oxygen atoms in total. The lowest BCUT2D eigenvalue weighted by atomic mass is 9.73. The molecule has 0 bridgehead atoms. The smallest absolute Gasteiger partial charge is 0.259 e. The number of benzene rings is 1. The minimum atomic E-state index is -0.0446. The highest BCUT2D eigenvalue weighted by molar-refractivity contribution is 6.10. The van der Waals surface area contributed by atoms with Crippen molar-refractivity contribution < 1.29 is 9.53 Å². The van der Waals surface area contributed by atoms with Gasteiger partial charge in [0.1, 0.15) is 5.82 Å². The third-order valence-corrected chi connectivity index (χ3v) is 7.52. The number of H-pyrrole nitrogens is 1. The second-order valence-electron chi connectivity index (χ2n) is 9.23. The van der Waals surface area contributed by atoms with Crippen LogP contribution < -0.4 is 15.5 Å². The van der Waals surface area contributed by atoms with Crippen molar-refractivity contribution in [3.8, 4) is 0 Å². The Hall–Kier alpha value is -3.04. The Labute approximate surface area is 186 Å². The van der Waals surface area contributed by atoms with Crippen LogP contribution in [0.3, 0.4) is 0 Å². The highest BCUT2D eigenvalue weighted by Gasteiger charge is 2.47. The summed E-state index contributed by atoms with van der Waals surface area (Å²) < 4.78 is 5.83. The Bertz CT molecular complexity index is 1180. The lowest BCUT2D eigenvalue weighted by Crippen LogP contribution is -2.50. The molecule has 0 unspecified atom stereocenters. The van der Waals surface area contributed by atoms with Crippen molar-refractivity contribution in [2.75, 3.05) is 36.0 Å². The minimum Gasteiger partial charge on any atom is -0.376 e. The number of rotatable bonds is 2. The molecule has 2 aromatic heterocycles. The summed E-state index contributed by atoms with van der Waals surface area (Å²) in [6.45, 7) is 5.12. The molecular formula is C23H27N7O2. The molecule has 0 aliphatic carbocycles. The van der Waals surface area contributed by atoms with Crippen LogP contribution in [0.5, 0.6) is 0 Å². The van der Waals surface area contributed by atoms with Gasteiger partial charge in [-0.25, -0.2) is 9.97 Å². The summed E-state index contributed by atoms with van der Waals surface area (Å²) in [7, 11) is 0. The van der Waals surface area contributed by atoms with Gasteiger partial charge in [-0.05, 0) is 37.8 Å². The van der Waals surface area contributed by atoms with E-state index in [2.05, 4.69) is 27.0 Å². The SMILES string of the molecule is C[C@@H]1OCC2(CCN(c3cnc4c(N5CCc6ccccc6C5=O)n[nH]c4n3)CC2)[C@@H]1N. The number of carbonyl (C=O) groups excluding carboxylic acids is 1. The fourth-order valence-electron chi connectivity index (χ4n) is 5.40. The molecule has 32 heavy (non-hydrogen) atoms. The molecule has 2 atom stereocenters. The topological polar surface area (TPSA) is 113 Å². The van der Waals surface area contributed by atoms with Gasteiger partial charge in [0, 0.05) is 36.7 Å². The lowest BCUT2D eigenvalue weighted by molar-refractivity contribution is 0.0973. The molecule has 3 N–H and O–H groups in total. The Kier molecular flexibility index (Phi) is 4.44. The summed E-state index contributed by atoms with van der Waals surface area (Å²) >= 11 is 0. The number of aromatic amines is 1. The zero-order valence-corrected chi connectivity index (χ0v) is 18.1. The van der Waals surface area contributed by atoms with Gasteiger partial charge in [0.15, 0.2) is 17.0 Å². The quantitative estimate of drug-likeness (QED) is 0.634. The van der Waals surface area contributed by atoms with Gasteiger partial charge in [-0.15, -0.1) is 0 Å². The first-order valence-corrected chi connectivity index (χ1v) is 11.3. The Balaban J connectivity index is 1.23. The number of ether oxygens (including phenoxy) is 1. The first-order valence-electron chi connectivity index (χ1n) is 11.3. The molecule has 3 aromatic rings. The average molecular weight is 434 g/mol. The van der Waals surface area contributed by atoms with Crippen molar-refractivity contribution >= 4 is 28.7 Å².